The molecule has 0 saturated carbocycles. The number of rotatable bonds is 7. The highest BCUT2D eigenvalue weighted by atomic mass is 16.5. The summed E-state index contributed by atoms with van der Waals surface area (Å²) in [4.78, 5) is 32.7. The van der Waals surface area contributed by atoms with Gasteiger partial charge in [-0.1, -0.05) is 36.4 Å². The van der Waals surface area contributed by atoms with Gasteiger partial charge in [-0.05, 0) is 48.5 Å². The monoisotopic (exact) mass is 509 g/mol. The number of hydrogen-bond acceptors (Lipinski definition) is 6. The van der Waals surface area contributed by atoms with Gasteiger partial charge in [0.25, 0.3) is 0 Å². The first-order valence-electron chi connectivity index (χ1n) is 11.5. The Morgan fingerprint density at radius 3 is 2.37 bits per heavy atom. The Balaban J connectivity index is 1.42. The van der Waals surface area contributed by atoms with Crippen LogP contribution >= 0.6 is 0 Å². The van der Waals surface area contributed by atoms with E-state index in [0.717, 1.165) is 0 Å². The lowest BCUT2D eigenvalue weighted by Crippen LogP contribution is -2.31. The number of nitrogens with one attached hydrogen (secondary N) is 2. The van der Waals surface area contributed by atoms with Gasteiger partial charge in [-0.25, -0.2) is 14.6 Å². The van der Waals surface area contributed by atoms with Gasteiger partial charge < -0.3 is 24.9 Å². The molecule has 0 bridgehead atoms. The summed E-state index contributed by atoms with van der Waals surface area (Å²) in [6, 6.07) is 27.9. The third-order valence-corrected chi connectivity index (χ3v) is 5.47. The van der Waals surface area contributed by atoms with Gasteiger partial charge in [0.05, 0.1) is 29.5 Å². The van der Waals surface area contributed by atoms with Crippen molar-refractivity contribution in [1.29, 1.82) is 0 Å². The smallest absolute Gasteiger partial charge is 0.413 e. The first-order valence-corrected chi connectivity index (χ1v) is 11.5. The molecule has 38 heavy (non-hydrogen) atoms. The molecule has 0 saturated heterocycles. The first kappa shape index (κ1) is 24.2. The molecule has 5 rings (SSSR count). The molecule has 0 spiro atoms. The van der Waals surface area contributed by atoms with Gasteiger partial charge in [-0.3, -0.25) is 10.2 Å². The third kappa shape index (κ3) is 5.34. The molecule has 190 valence electrons. The summed E-state index contributed by atoms with van der Waals surface area (Å²) in [5.74, 6) is 2.33. The van der Waals surface area contributed by atoms with Gasteiger partial charge in [-0.15, -0.1) is 0 Å². The van der Waals surface area contributed by atoms with Crippen LogP contribution in [0.2, 0.25) is 0 Å². The van der Waals surface area contributed by atoms with E-state index in [1.165, 1.54) is 12.0 Å². The van der Waals surface area contributed by atoms with Crippen LogP contribution in [0.1, 0.15) is 0 Å². The predicted molar refractivity (Wildman–Crippen MR) is 143 cm³/mol. The number of hydrogen-bond donors (Lipinski definition) is 3. The molecule has 0 aliphatic heterocycles. The lowest BCUT2D eigenvalue weighted by Gasteiger charge is -2.23. The van der Waals surface area contributed by atoms with E-state index >= 15 is 0 Å². The molecule has 0 aliphatic carbocycles. The van der Waals surface area contributed by atoms with E-state index in [4.69, 9.17) is 15.2 Å². The second kappa shape index (κ2) is 10.6. The number of amides is 3. The maximum atomic E-state index is 12.6. The minimum Gasteiger partial charge on any atom is -0.457 e. The lowest BCUT2D eigenvalue weighted by atomic mass is 10.2. The topological polar surface area (TPSA) is 132 Å². The summed E-state index contributed by atoms with van der Waals surface area (Å²) in [5, 5.41) is 2.49. The Labute approximate surface area is 217 Å². The lowest BCUT2D eigenvalue weighted by molar-refractivity contribution is 0.186. The quantitative estimate of drug-likeness (QED) is 0.228. The molecule has 3 amide bonds. The van der Waals surface area contributed by atoms with Crippen LogP contribution in [0, 0.1) is 0 Å². The van der Waals surface area contributed by atoms with E-state index in [9.17, 15) is 9.59 Å². The number of benzene rings is 4. The zero-order valence-corrected chi connectivity index (χ0v) is 20.3. The van der Waals surface area contributed by atoms with Crippen molar-refractivity contribution in [2.24, 2.45) is 5.73 Å². The normalized spacial score (nSPS) is 10.6. The SMILES string of the molecule is COC(=O)Nc1nc2ccc(Oc3cccc(N(C(N)=O)c4ccccc4Oc4ccccc4)c3)cc2[nH]1. The predicted octanol–water partition coefficient (Wildman–Crippen LogP) is 6.54. The molecule has 0 radical (unpaired) electrons. The first-order chi connectivity index (χ1) is 18.5. The number of para-hydroxylation sites is 3. The number of aromatic nitrogens is 2. The number of imidazole rings is 1. The molecule has 1 aromatic heterocycles. The molecule has 0 unspecified atom stereocenters. The standard InChI is InChI=1S/C28H23N5O5/c1-36-28(35)32-27-30-22-15-14-21(17-23(22)31-27)37-20-11-7-8-18(16-20)33(26(29)34)24-12-5-6-13-25(24)38-19-9-3-2-4-10-19/h2-17H,1H3,(H2,29,34)(H2,30,31,32,35). The Hall–Kier alpha value is -5.51. The van der Waals surface area contributed by atoms with Crippen LogP contribution in [0.4, 0.5) is 26.9 Å². The van der Waals surface area contributed by atoms with Crippen molar-refractivity contribution in [2.45, 2.75) is 0 Å². The molecule has 10 nitrogen and oxygen atoms in total. The van der Waals surface area contributed by atoms with Crippen LogP contribution in [-0.4, -0.2) is 29.2 Å². The molecule has 1 heterocycles. The number of aromatic amines is 1. The average Bonchev–Trinajstić information content (AvgIpc) is 3.32. The highest BCUT2D eigenvalue weighted by molar-refractivity contribution is 6.00. The molecule has 10 heteroatoms. The second-order valence-electron chi connectivity index (χ2n) is 8.04. The van der Waals surface area contributed by atoms with Crippen LogP contribution in [-0.2, 0) is 4.74 Å². The van der Waals surface area contributed by atoms with E-state index in [1.807, 2.05) is 36.4 Å². The fourth-order valence-corrected chi connectivity index (χ4v) is 3.81. The van der Waals surface area contributed by atoms with E-state index in [0.29, 0.717) is 45.4 Å². The zero-order valence-electron chi connectivity index (χ0n) is 20.3. The number of ether oxygens (including phenoxy) is 3. The van der Waals surface area contributed by atoms with E-state index in [1.54, 1.807) is 60.7 Å². The number of primary amides is 1. The Bertz CT molecular complexity index is 1600. The van der Waals surface area contributed by atoms with Crippen LogP contribution in [0.3, 0.4) is 0 Å². The molecule has 4 aromatic carbocycles. The summed E-state index contributed by atoms with van der Waals surface area (Å²) < 4.78 is 16.7. The maximum Gasteiger partial charge on any atom is 0.413 e. The van der Waals surface area contributed by atoms with Crippen molar-refractivity contribution in [1.82, 2.24) is 9.97 Å². The molecule has 0 fully saturated rings. The van der Waals surface area contributed by atoms with Gasteiger partial charge in [-0.2, -0.15) is 0 Å². The van der Waals surface area contributed by atoms with E-state index in [-0.39, 0.29) is 5.95 Å². The van der Waals surface area contributed by atoms with Crippen molar-refractivity contribution >= 4 is 40.5 Å². The number of carbonyl (C=O) groups excluding carboxylic acids is 2. The van der Waals surface area contributed by atoms with Crippen LogP contribution in [0.25, 0.3) is 11.0 Å². The largest absolute Gasteiger partial charge is 0.457 e. The molecule has 0 atom stereocenters. The van der Waals surface area contributed by atoms with Crippen LogP contribution in [0.5, 0.6) is 23.0 Å². The molecule has 4 N–H and O–H groups in total. The van der Waals surface area contributed by atoms with Crippen LogP contribution < -0.4 is 25.4 Å². The van der Waals surface area contributed by atoms with Gasteiger partial charge in [0.1, 0.15) is 17.2 Å². The number of methoxy groups -OCH3 is 1. The second-order valence-corrected chi connectivity index (χ2v) is 8.04. The number of nitrogens with two attached hydrogens (primary N) is 1. The Morgan fingerprint density at radius 2 is 1.58 bits per heavy atom. The third-order valence-electron chi connectivity index (χ3n) is 5.47. The summed E-state index contributed by atoms with van der Waals surface area (Å²) in [7, 11) is 1.27. The van der Waals surface area contributed by atoms with Crippen molar-refractivity contribution < 1.29 is 23.8 Å². The highest BCUT2D eigenvalue weighted by Gasteiger charge is 2.20. The minimum absolute atomic E-state index is 0.250. The minimum atomic E-state index is -0.684. The van der Waals surface area contributed by atoms with Crippen molar-refractivity contribution in [3.8, 4) is 23.0 Å². The molecule has 0 aliphatic rings. The van der Waals surface area contributed by atoms with Crippen molar-refractivity contribution in [3.63, 3.8) is 0 Å². The van der Waals surface area contributed by atoms with Crippen molar-refractivity contribution in [3.05, 3.63) is 97.1 Å². The molecular formula is C28H23N5O5. The summed E-state index contributed by atoms with van der Waals surface area (Å²) >= 11 is 0. The van der Waals surface area contributed by atoms with E-state index in [2.05, 4.69) is 20.0 Å². The van der Waals surface area contributed by atoms with Crippen LogP contribution in [0.15, 0.2) is 97.1 Å². The summed E-state index contributed by atoms with van der Waals surface area (Å²) in [6.45, 7) is 0. The fraction of sp³-hybridized carbons (Fsp3) is 0.0357. The molecular weight excluding hydrogens is 486 g/mol. The summed E-state index contributed by atoms with van der Waals surface area (Å²) in [5.41, 5.74) is 8.07. The average molecular weight is 510 g/mol. The zero-order chi connectivity index (χ0) is 26.5. The summed E-state index contributed by atoms with van der Waals surface area (Å²) in [6.07, 6.45) is -0.632. The highest BCUT2D eigenvalue weighted by Crippen LogP contribution is 2.38. The molecule has 5 aromatic rings. The maximum absolute atomic E-state index is 12.6. The number of urea groups is 1. The Morgan fingerprint density at radius 1 is 0.842 bits per heavy atom. The van der Waals surface area contributed by atoms with Gasteiger partial charge in [0.2, 0.25) is 5.95 Å². The van der Waals surface area contributed by atoms with Gasteiger partial charge >= 0.3 is 12.1 Å². The van der Waals surface area contributed by atoms with E-state index < -0.39 is 12.1 Å². The number of H-pyrrole nitrogens is 1. The number of carbonyl (C=O) groups is 2. The fourth-order valence-electron chi connectivity index (χ4n) is 3.81. The van der Waals surface area contributed by atoms with Gasteiger partial charge in [0.15, 0.2) is 5.75 Å². The van der Waals surface area contributed by atoms with Gasteiger partial charge in [0, 0.05) is 12.1 Å². The number of nitrogens with zero attached hydrogens (tertiary/aromatic N) is 2. The van der Waals surface area contributed by atoms with Crippen molar-refractivity contribution in [2.75, 3.05) is 17.3 Å². The number of anilines is 3. The Kier molecular flexibility index (Phi) is 6.77. The number of fused-ring (bicyclic) bond motifs is 1.